The van der Waals surface area contributed by atoms with Crippen molar-refractivity contribution in [3.05, 3.63) is 23.9 Å². The number of anilines is 1. The van der Waals surface area contributed by atoms with Crippen LogP contribution in [0.4, 0.5) is 5.82 Å². The van der Waals surface area contributed by atoms with Gasteiger partial charge in [0.05, 0.1) is 5.56 Å². The van der Waals surface area contributed by atoms with Gasteiger partial charge < -0.3 is 15.5 Å². The van der Waals surface area contributed by atoms with Crippen LogP contribution in [0.15, 0.2) is 18.3 Å². The second-order valence-corrected chi connectivity index (χ2v) is 6.24. The third-order valence-electron chi connectivity index (χ3n) is 2.67. The van der Waals surface area contributed by atoms with Gasteiger partial charge in [-0.2, -0.15) is 0 Å². The molecule has 0 spiro atoms. The van der Waals surface area contributed by atoms with Gasteiger partial charge in [-0.15, -0.1) is 0 Å². The Labute approximate surface area is 125 Å². The van der Waals surface area contributed by atoms with Crippen LogP contribution in [0.25, 0.3) is 0 Å². The number of amides is 2. The average Bonchev–Trinajstić information content (AvgIpc) is 2.36. The van der Waals surface area contributed by atoms with E-state index in [0.29, 0.717) is 11.4 Å². The molecule has 0 fully saturated rings. The standard InChI is InChI=1S/C15H24N4O2/c1-10(13(20)18-15(2,3)4)17-12-8-7-11(9-16-12)14(21)19(5)6/h7-10H,1-6H3,(H,16,17)(H,18,20). The number of nitrogens with one attached hydrogen (secondary N) is 2. The first-order valence-corrected chi connectivity index (χ1v) is 6.86. The molecule has 0 radical (unpaired) electrons. The maximum absolute atomic E-state index is 12.0. The highest BCUT2D eigenvalue weighted by atomic mass is 16.2. The molecule has 1 rings (SSSR count). The Morgan fingerprint density at radius 2 is 1.86 bits per heavy atom. The molecule has 0 aromatic carbocycles. The summed E-state index contributed by atoms with van der Waals surface area (Å²) in [7, 11) is 3.38. The summed E-state index contributed by atoms with van der Waals surface area (Å²) in [5.41, 5.74) is 0.236. The number of rotatable bonds is 4. The molecule has 0 saturated heterocycles. The van der Waals surface area contributed by atoms with Crippen molar-refractivity contribution in [3.63, 3.8) is 0 Å². The van der Waals surface area contributed by atoms with Crippen molar-refractivity contribution < 1.29 is 9.59 Å². The first-order chi connectivity index (χ1) is 9.60. The topological polar surface area (TPSA) is 74.3 Å². The van der Waals surface area contributed by atoms with Crippen LogP contribution >= 0.6 is 0 Å². The van der Waals surface area contributed by atoms with E-state index < -0.39 is 6.04 Å². The van der Waals surface area contributed by atoms with Crippen LogP contribution in [0.5, 0.6) is 0 Å². The maximum Gasteiger partial charge on any atom is 0.254 e. The van der Waals surface area contributed by atoms with E-state index in [1.165, 1.54) is 11.1 Å². The summed E-state index contributed by atoms with van der Waals surface area (Å²) in [5, 5.41) is 5.91. The van der Waals surface area contributed by atoms with Crippen molar-refractivity contribution in [1.82, 2.24) is 15.2 Å². The molecule has 0 bridgehead atoms. The number of carbonyl (C=O) groups excluding carboxylic acids is 2. The zero-order chi connectivity index (χ0) is 16.2. The molecule has 6 heteroatoms. The lowest BCUT2D eigenvalue weighted by Gasteiger charge is -2.23. The number of carbonyl (C=O) groups is 2. The fourth-order valence-corrected chi connectivity index (χ4v) is 1.63. The molecule has 1 unspecified atom stereocenters. The van der Waals surface area contributed by atoms with Gasteiger partial charge in [0, 0.05) is 25.8 Å². The number of hydrogen-bond acceptors (Lipinski definition) is 4. The van der Waals surface area contributed by atoms with E-state index in [1.807, 2.05) is 20.8 Å². The molecular formula is C15H24N4O2. The Balaban J connectivity index is 2.67. The summed E-state index contributed by atoms with van der Waals surface area (Å²) in [6, 6.07) is 2.97. The summed E-state index contributed by atoms with van der Waals surface area (Å²) >= 11 is 0. The molecule has 6 nitrogen and oxygen atoms in total. The third kappa shape index (κ3) is 5.41. The van der Waals surface area contributed by atoms with Gasteiger partial charge in [0.1, 0.15) is 11.9 Å². The molecule has 1 aromatic heterocycles. The van der Waals surface area contributed by atoms with Crippen LogP contribution < -0.4 is 10.6 Å². The highest BCUT2D eigenvalue weighted by molar-refractivity contribution is 5.93. The zero-order valence-corrected chi connectivity index (χ0v) is 13.5. The van der Waals surface area contributed by atoms with E-state index in [9.17, 15) is 9.59 Å². The van der Waals surface area contributed by atoms with E-state index in [0.717, 1.165) is 0 Å². The zero-order valence-electron chi connectivity index (χ0n) is 13.5. The Morgan fingerprint density at radius 3 is 2.29 bits per heavy atom. The summed E-state index contributed by atoms with van der Waals surface area (Å²) in [4.78, 5) is 29.4. The largest absolute Gasteiger partial charge is 0.359 e. The predicted molar refractivity (Wildman–Crippen MR) is 83.2 cm³/mol. The molecule has 116 valence electrons. The van der Waals surface area contributed by atoms with Gasteiger partial charge in [-0.1, -0.05) is 0 Å². The van der Waals surface area contributed by atoms with Crippen molar-refractivity contribution in [2.24, 2.45) is 0 Å². The highest BCUT2D eigenvalue weighted by Gasteiger charge is 2.19. The molecule has 0 saturated carbocycles. The molecule has 1 atom stereocenters. The Bertz CT molecular complexity index is 503. The number of hydrogen-bond donors (Lipinski definition) is 2. The molecule has 1 aromatic rings. The van der Waals surface area contributed by atoms with Crippen LogP contribution in [0.1, 0.15) is 38.1 Å². The average molecular weight is 292 g/mol. The molecule has 1 heterocycles. The minimum absolute atomic E-state index is 0.0993. The number of pyridine rings is 1. The van der Waals surface area contributed by atoms with E-state index in [-0.39, 0.29) is 17.4 Å². The first-order valence-electron chi connectivity index (χ1n) is 6.86. The van der Waals surface area contributed by atoms with Crippen LogP contribution in [0.2, 0.25) is 0 Å². The number of nitrogens with zero attached hydrogens (tertiary/aromatic N) is 2. The van der Waals surface area contributed by atoms with E-state index >= 15 is 0 Å². The van der Waals surface area contributed by atoms with Crippen LogP contribution in [0, 0.1) is 0 Å². The second-order valence-electron chi connectivity index (χ2n) is 6.24. The van der Waals surface area contributed by atoms with Crippen LogP contribution in [0.3, 0.4) is 0 Å². The summed E-state index contributed by atoms with van der Waals surface area (Å²) < 4.78 is 0. The smallest absolute Gasteiger partial charge is 0.254 e. The molecular weight excluding hydrogens is 268 g/mol. The minimum atomic E-state index is -0.410. The molecule has 2 amide bonds. The fraction of sp³-hybridized carbons (Fsp3) is 0.533. The van der Waals surface area contributed by atoms with Gasteiger partial charge in [0.2, 0.25) is 5.91 Å². The Hall–Kier alpha value is -2.11. The van der Waals surface area contributed by atoms with Crippen molar-refractivity contribution in [3.8, 4) is 0 Å². The molecule has 0 aliphatic carbocycles. The lowest BCUT2D eigenvalue weighted by molar-refractivity contribution is -0.122. The molecule has 21 heavy (non-hydrogen) atoms. The molecule has 2 N–H and O–H groups in total. The second kappa shape index (κ2) is 6.56. The quantitative estimate of drug-likeness (QED) is 0.882. The van der Waals surface area contributed by atoms with Gasteiger partial charge in [-0.3, -0.25) is 9.59 Å². The normalized spacial score (nSPS) is 12.5. The minimum Gasteiger partial charge on any atom is -0.359 e. The highest BCUT2D eigenvalue weighted by Crippen LogP contribution is 2.09. The van der Waals surface area contributed by atoms with Gasteiger partial charge >= 0.3 is 0 Å². The SMILES string of the molecule is CC(Nc1ccc(C(=O)N(C)C)cn1)C(=O)NC(C)(C)C. The van der Waals surface area contributed by atoms with E-state index in [1.54, 1.807) is 33.2 Å². The summed E-state index contributed by atoms with van der Waals surface area (Å²) in [5.74, 6) is 0.354. The first kappa shape index (κ1) is 16.9. The summed E-state index contributed by atoms with van der Waals surface area (Å²) in [6.07, 6.45) is 1.50. The predicted octanol–water partition coefficient (Wildman–Crippen LogP) is 1.50. The van der Waals surface area contributed by atoms with Gasteiger partial charge in [0.25, 0.3) is 5.91 Å². The fourth-order valence-electron chi connectivity index (χ4n) is 1.63. The van der Waals surface area contributed by atoms with Crippen molar-refractivity contribution in [2.75, 3.05) is 19.4 Å². The van der Waals surface area contributed by atoms with Crippen molar-refractivity contribution >= 4 is 17.6 Å². The lowest BCUT2D eigenvalue weighted by Crippen LogP contribution is -2.47. The molecule has 0 aliphatic heterocycles. The summed E-state index contributed by atoms with van der Waals surface area (Å²) in [6.45, 7) is 7.55. The maximum atomic E-state index is 12.0. The van der Waals surface area contributed by atoms with Crippen molar-refractivity contribution in [2.45, 2.75) is 39.3 Å². The van der Waals surface area contributed by atoms with Gasteiger partial charge in [0.15, 0.2) is 0 Å². The number of aromatic nitrogens is 1. The Kier molecular flexibility index (Phi) is 5.29. The van der Waals surface area contributed by atoms with E-state index in [2.05, 4.69) is 15.6 Å². The van der Waals surface area contributed by atoms with Gasteiger partial charge in [-0.25, -0.2) is 4.98 Å². The lowest BCUT2D eigenvalue weighted by atomic mass is 10.1. The Morgan fingerprint density at radius 1 is 1.24 bits per heavy atom. The third-order valence-corrected chi connectivity index (χ3v) is 2.67. The van der Waals surface area contributed by atoms with Crippen molar-refractivity contribution in [1.29, 1.82) is 0 Å². The monoisotopic (exact) mass is 292 g/mol. The van der Waals surface area contributed by atoms with Gasteiger partial charge in [-0.05, 0) is 39.8 Å². The van der Waals surface area contributed by atoms with Crippen LogP contribution in [-0.4, -0.2) is 47.4 Å². The molecule has 0 aliphatic rings. The van der Waals surface area contributed by atoms with Crippen LogP contribution in [-0.2, 0) is 4.79 Å². The van der Waals surface area contributed by atoms with E-state index in [4.69, 9.17) is 0 Å².